The summed E-state index contributed by atoms with van der Waals surface area (Å²) in [5, 5.41) is 14.1. The number of nitrogens with zero attached hydrogens (tertiary/aromatic N) is 2. The monoisotopic (exact) mass is 258 g/mol. The highest BCUT2D eigenvalue weighted by Gasteiger charge is 2.19. The summed E-state index contributed by atoms with van der Waals surface area (Å²) in [5.41, 5.74) is 7.04. The maximum absolute atomic E-state index is 11.0. The Balaban J connectivity index is 2.29. The van der Waals surface area contributed by atoms with E-state index >= 15 is 0 Å². The number of nitrogen functional groups attached to an aromatic ring is 1. The van der Waals surface area contributed by atoms with Crippen LogP contribution in [0.3, 0.4) is 0 Å². The second-order valence-electron chi connectivity index (χ2n) is 4.15. The van der Waals surface area contributed by atoms with Crippen molar-refractivity contribution in [2.24, 2.45) is 0 Å². The van der Waals surface area contributed by atoms with Crippen LogP contribution in [0.4, 0.5) is 17.1 Å². The van der Waals surface area contributed by atoms with Gasteiger partial charge in [-0.25, -0.2) is 0 Å². The molecule has 0 bridgehead atoms. The largest absolute Gasteiger partial charge is 0.393 e. The Morgan fingerprint density at radius 3 is 2.79 bits per heavy atom. The van der Waals surface area contributed by atoms with Gasteiger partial charge in [0.2, 0.25) is 0 Å². The normalized spacial score (nSPS) is 11.8. The van der Waals surface area contributed by atoms with Gasteiger partial charge in [-0.1, -0.05) is 12.1 Å². The van der Waals surface area contributed by atoms with Crippen molar-refractivity contribution >= 4 is 17.1 Å². The Morgan fingerprint density at radius 1 is 1.37 bits per heavy atom. The SMILES string of the molecule is CC(Nc1cccc(N)c1[N+](=O)[O-])c1cccnc1. The van der Waals surface area contributed by atoms with E-state index in [1.165, 1.54) is 6.07 Å². The van der Waals surface area contributed by atoms with E-state index in [0.717, 1.165) is 5.56 Å². The lowest BCUT2D eigenvalue weighted by atomic mass is 10.1. The molecule has 1 aromatic carbocycles. The Morgan fingerprint density at radius 2 is 2.16 bits per heavy atom. The van der Waals surface area contributed by atoms with E-state index in [4.69, 9.17) is 5.73 Å². The number of pyridine rings is 1. The molecule has 2 rings (SSSR count). The quantitative estimate of drug-likeness (QED) is 0.499. The summed E-state index contributed by atoms with van der Waals surface area (Å²) in [6.07, 6.45) is 3.40. The van der Waals surface area contributed by atoms with Gasteiger partial charge in [0.1, 0.15) is 11.4 Å². The molecule has 0 aliphatic heterocycles. The molecule has 0 spiro atoms. The maximum atomic E-state index is 11.0. The van der Waals surface area contributed by atoms with Gasteiger partial charge in [-0.2, -0.15) is 0 Å². The summed E-state index contributed by atoms with van der Waals surface area (Å²) >= 11 is 0. The average Bonchev–Trinajstić information content (AvgIpc) is 2.39. The van der Waals surface area contributed by atoms with Crippen molar-refractivity contribution < 1.29 is 4.92 Å². The van der Waals surface area contributed by atoms with Crippen LogP contribution in [0.1, 0.15) is 18.5 Å². The van der Waals surface area contributed by atoms with Crippen molar-refractivity contribution in [3.05, 3.63) is 58.4 Å². The number of benzene rings is 1. The van der Waals surface area contributed by atoms with E-state index < -0.39 is 4.92 Å². The lowest BCUT2D eigenvalue weighted by molar-refractivity contribution is -0.383. The zero-order valence-electron chi connectivity index (χ0n) is 10.4. The van der Waals surface area contributed by atoms with Crippen LogP contribution in [0, 0.1) is 10.1 Å². The van der Waals surface area contributed by atoms with E-state index in [-0.39, 0.29) is 17.4 Å². The summed E-state index contributed by atoms with van der Waals surface area (Å²) in [7, 11) is 0. The van der Waals surface area contributed by atoms with Crippen LogP contribution in [0.15, 0.2) is 42.7 Å². The van der Waals surface area contributed by atoms with Gasteiger partial charge in [-0.15, -0.1) is 0 Å². The van der Waals surface area contributed by atoms with Crippen LogP contribution in [-0.2, 0) is 0 Å². The molecule has 6 heteroatoms. The lowest BCUT2D eigenvalue weighted by Gasteiger charge is -2.15. The van der Waals surface area contributed by atoms with Gasteiger partial charge in [0.05, 0.1) is 11.0 Å². The number of nitro groups is 1. The summed E-state index contributed by atoms with van der Waals surface area (Å²) in [4.78, 5) is 14.6. The minimum atomic E-state index is -0.479. The fourth-order valence-corrected chi connectivity index (χ4v) is 1.83. The van der Waals surface area contributed by atoms with Crippen molar-refractivity contribution in [1.82, 2.24) is 4.98 Å². The summed E-state index contributed by atoms with van der Waals surface area (Å²) in [5.74, 6) is 0. The van der Waals surface area contributed by atoms with Gasteiger partial charge >= 0.3 is 5.69 Å². The Kier molecular flexibility index (Phi) is 3.61. The van der Waals surface area contributed by atoms with Crippen molar-refractivity contribution in [3.63, 3.8) is 0 Å². The van der Waals surface area contributed by atoms with Crippen LogP contribution < -0.4 is 11.1 Å². The third-order valence-corrected chi connectivity index (χ3v) is 2.81. The Labute approximate surface area is 110 Å². The van der Waals surface area contributed by atoms with Crippen LogP contribution in [0.2, 0.25) is 0 Å². The zero-order chi connectivity index (χ0) is 13.8. The number of nitro benzene ring substituents is 1. The molecule has 1 heterocycles. The molecule has 0 aliphatic rings. The van der Waals surface area contributed by atoms with Crippen LogP contribution >= 0.6 is 0 Å². The number of nitrogens with two attached hydrogens (primary N) is 1. The molecule has 0 saturated carbocycles. The molecular formula is C13H14N4O2. The molecule has 19 heavy (non-hydrogen) atoms. The fraction of sp³-hybridized carbons (Fsp3) is 0.154. The average molecular weight is 258 g/mol. The molecule has 1 unspecified atom stereocenters. The summed E-state index contributed by atoms with van der Waals surface area (Å²) in [6, 6.07) is 8.46. The number of anilines is 2. The predicted octanol–water partition coefficient (Wildman–Crippen LogP) is 2.75. The highest BCUT2D eigenvalue weighted by Crippen LogP contribution is 2.32. The highest BCUT2D eigenvalue weighted by molar-refractivity contribution is 5.74. The molecule has 1 atom stereocenters. The fourth-order valence-electron chi connectivity index (χ4n) is 1.83. The molecule has 0 fully saturated rings. The molecule has 0 radical (unpaired) electrons. The standard InChI is InChI=1S/C13H14N4O2/c1-9(10-4-3-7-15-8-10)16-12-6-2-5-11(14)13(12)17(18)19/h2-9,16H,14H2,1H3. The first kappa shape index (κ1) is 12.8. The van der Waals surface area contributed by atoms with E-state index in [9.17, 15) is 10.1 Å². The lowest BCUT2D eigenvalue weighted by Crippen LogP contribution is -2.09. The third-order valence-electron chi connectivity index (χ3n) is 2.81. The minimum absolute atomic E-state index is 0.0989. The molecule has 0 amide bonds. The first-order valence-corrected chi connectivity index (χ1v) is 5.79. The number of nitrogens with one attached hydrogen (secondary N) is 1. The number of para-hydroxylation sites is 1. The predicted molar refractivity (Wildman–Crippen MR) is 73.8 cm³/mol. The topological polar surface area (TPSA) is 94.1 Å². The number of hydrogen-bond donors (Lipinski definition) is 2. The minimum Gasteiger partial charge on any atom is -0.393 e. The van der Waals surface area contributed by atoms with Gasteiger partial charge in [0.25, 0.3) is 0 Å². The van der Waals surface area contributed by atoms with Gasteiger partial charge in [0, 0.05) is 12.4 Å². The molecular weight excluding hydrogens is 244 g/mol. The number of aromatic nitrogens is 1. The second kappa shape index (κ2) is 5.34. The van der Waals surface area contributed by atoms with E-state index in [0.29, 0.717) is 5.69 Å². The van der Waals surface area contributed by atoms with Crippen molar-refractivity contribution in [3.8, 4) is 0 Å². The van der Waals surface area contributed by atoms with Gasteiger partial charge in [0.15, 0.2) is 0 Å². The molecule has 1 aromatic heterocycles. The summed E-state index contributed by atoms with van der Waals surface area (Å²) < 4.78 is 0. The highest BCUT2D eigenvalue weighted by atomic mass is 16.6. The van der Waals surface area contributed by atoms with Crippen molar-refractivity contribution in [2.75, 3.05) is 11.1 Å². The molecule has 0 aliphatic carbocycles. The van der Waals surface area contributed by atoms with Gasteiger partial charge in [-0.05, 0) is 30.7 Å². The van der Waals surface area contributed by atoms with E-state index in [2.05, 4.69) is 10.3 Å². The first-order chi connectivity index (χ1) is 9.09. The van der Waals surface area contributed by atoms with E-state index in [1.54, 1.807) is 24.5 Å². The molecule has 98 valence electrons. The second-order valence-corrected chi connectivity index (χ2v) is 4.15. The summed E-state index contributed by atoms with van der Waals surface area (Å²) in [6.45, 7) is 1.91. The van der Waals surface area contributed by atoms with Crippen LogP contribution in [-0.4, -0.2) is 9.91 Å². The van der Waals surface area contributed by atoms with Crippen LogP contribution in [0.25, 0.3) is 0 Å². The molecule has 3 N–H and O–H groups in total. The zero-order valence-corrected chi connectivity index (χ0v) is 10.4. The Hall–Kier alpha value is -2.63. The van der Waals surface area contributed by atoms with Crippen molar-refractivity contribution in [2.45, 2.75) is 13.0 Å². The van der Waals surface area contributed by atoms with Gasteiger partial charge in [-0.3, -0.25) is 15.1 Å². The molecule has 0 saturated heterocycles. The van der Waals surface area contributed by atoms with E-state index in [1.807, 2.05) is 19.1 Å². The first-order valence-electron chi connectivity index (χ1n) is 5.79. The molecule has 2 aromatic rings. The third kappa shape index (κ3) is 2.79. The number of hydrogen-bond acceptors (Lipinski definition) is 5. The van der Waals surface area contributed by atoms with Gasteiger partial charge < -0.3 is 11.1 Å². The van der Waals surface area contributed by atoms with Crippen molar-refractivity contribution in [1.29, 1.82) is 0 Å². The molecule has 6 nitrogen and oxygen atoms in total. The Bertz CT molecular complexity index is 586. The maximum Gasteiger partial charge on any atom is 0.314 e. The van der Waals surface area contributed by atoms with Crippen LogP contribution in [0.5, 0.6) is 0 Å². The smallest absolute Gasteiger partial charge is 0.314 e. The number of rotatable bonds is 4.